The molecular formula is C14H14O. The molecule has 1 heteroatoms. The third kappa shape index (κ3) is 1.34. The summed E-state index contributed by atoms with van der Waals surface area (Å²) >= 11 is 0. The van der Waals surface area contributed by atoms with Crippen molar-refractivity contribution in [3.8, 4) is 0 Å². The van der Waals surface area contributed by atoms with E-state index in [2.05, 4.69) is 24.3 Å². The summed E-state index contributed by atoms with van der Waals surface area (Å²) in [7, 11) is 0. The van der Waals surface area contributed by atoms with Crippen molar-refractivity contribution in [2.75, 3.05) is 0 Å². The smallest absolute Gasteiger partial charge is 0.159 e. The standard InChI is InChI=1S/C14H14O/c15-14-7-3-6-12-11-5-2-1-4-10(11)8-9-13(12)14/h1-2,4-5H,3,6-9H2. The van der Waals surface area contributed by atoms with Crippen molar-refractivity contribution in [3.63, 3.8) is 0 Å². The Morgan fingerprint density at radius 3 is 2.67 bits per heavy atom. The van der Waals surface area contributed by atoms with Gasteiger partial charge < -0.3 is 0 Å². The lowest BCUT2D eigenvalue weighted by Crippen LogP contribution is -2.16. The first-order valence-corrected chi connectivity index (χ1v) is 5.70. The molecule has 1 nitrogen and oxygen atoms in total. The SMILES string of the molecule is O=C1CCCC2=C1CCc1ccccc12. The topological polar surface area (TPSA) is 17.1 Å². The Labute approximate surface area is 89.8 Å². The normalized spacial score (nSPS) is 19.9. The fourth-order valence-electron chi connectivity index (χ4n) is 2.78. The molecule has 0 aromatic heterocycles. The maximum absolute atomic E-state index is 11.8. The maximum Gasteiger partial charge on any atom is 0.159 e. The second kappa shape index (κ2) is 3.34. The molecule has 0 saturated heterocycles. The minimum Gasteiger partial charge on any atom is -0.295 e. The molecule has 15 heavy (non-hydrogen) atoms. The van der Waals surface area contributed by atoms with Crippen molar-refractivity contribution < 1.29 is 4.79 Å². The molecule has 0 fully saturated rings. The van der Waals surface area contributed by atoms with E-state index in [-0.39, 0.29) is 0 Å². The van der Waals surface area contributed by atoms with Gasteiger partial charge in [0.05, 0.1) is 0 Å². The number of benzene rings is 1. The summed E-state index contributed by atoms with van der Waals surface area (Å²) in [6.07, 6.45) is 4.90. The minimum absolute atomic E-state index is 0.394. The summed E-state index contributed by atoms with van der Waals surface area (Å²) in [6.45, 7) is 0. The predicted molar refractivity (Wildman–Crippen MR) is 60.5 cm³/mol. The number of fused-ring (bicyclic) bond motifs is 2. The van der Waals surface area contributed by atoms with Gasteiger partial charge in [-0.1, -0.05) is 24.3 Å². The molecule has 76 valence electrons. The molecule has 0 heterocycles. The van der Waals surface area contributed by atoms with E-state index in [1.54, 1.807) is 0 Å². The summed E-state index contributed by atoms with van der Waals surface area (Å²) in [5.74, 6) is 0.394. The van der Waals surface area contributed by atoms with E-state index in [0.717, 1.165) is 37.7 Å². The molecule has 1 aromatic rings. The van der Waals surface area contributed by atoms with Crippen LogP contribution in [0.3, 0.4) is 0 Å². The Morgan fingerprint density at radius 1 is 0.867 bits per heavy atom. The second-order valence-electron chi connectivity index (χ2n) is 4.39. The molecule has 0 saturated carbocycles. The number of allylic oxidation sites excluding steroid dienone is 2. The number of hydrogen-bond donors (Lipinski definition) is 0. The van der Waals surface area contributed by atoms with E-state index < -0.39 is 0 Å². The van der Waals surface area contributed by atoms with Gasteiger partial charge in [-0.05, 0) is 48.0 Å². The first-order valence-electron chi connectivity index (χ1n) is 5.70. The average Bonchev–Trinajstić information content (AvgIpc) is 2.29. The van der Waals surface area contributed by atoms with Gasteiger partial charge >= 0.3 is 0 Å². The molecule has 0 amide bonds. The van der Waals surface area contributed by atoms with Crippen LogP contribution in [0.1, 0.15) is 36.8 Å². The van der Waals surface area contributed by atoms with Crippen molar-refractivity contribution >= 4 is 11.4 Å². The minimum atomic E-state index is 0.394. The number of aryl methyl sites for hydroxylation is 1. The molecule has 0 bridgehead atoms. The van der Waals surface area contributed by atoms with Crippen LogP contribution in [0, 0.1) is 0 Å². The van der Waals surface area contributed by atoms with Gasteiger partial charge in [0.1, 0.15) is 0 Å². The fourth-order valence-corrected chi connectivity index (χ4v) is 2.78. The van der Waals surface area contributed by atoms with Crippen LogP contribution in [0.4, 0.5) is 0 Å². The van der Waals surface area contributed by atoms with E-state index in [0.29, 0.717) is 5.78 Å². The highest BCUT2D eigenvalue weighted by atomic mass is 16.1. The van der Waals surface area contributed by atoms with Crippen LogP contribution in [-0.2, 0) is 11.2 Å². The lowest BCUT2D eigenvalue weighted by Gasteiger charge is -2.26. The third-order valence-corrected chi connectivity index (χ3v) is 3.52. The summed E-state index contributed by atoms with van der Waals surface area (Å²) in [5.41, 5.74) is 5.23. The summed E-state index contributed by atoms with van der Waals surface area (Å²) in [4.78, 5) is 11.8. The van der Waals surface area contributed by atoms with Gasteiger partial charge in [-0.2, -0.15) is 0 Å². The quantitative estimate of drug-likeness (QED) is 0.626. The first-order chi connectivity index (χ1) is 7.36. The summed E-state index contributed by atoms with van der Waals surface area (Å²) in [6, 6.07) is 8.53. The van der Waals surface area contributed by atoms with Gasteiger partial charge in [0.25, 0.3) is 0 Å². The Kier molecular flexibility index (Phi) is 1.98. The molecule has 2 aliphatic rings. The van der Waals surface area contributed by atoms with Gasteiger partial charge in [0.15, 0.2) is 5.78 Å². The number of rotatable bonds is 0. The van der Waals surface area contributed by atoms with Crippen LogP contribution in [0.25, 0.3) is 5.57 Å². The van der Waals surface area contributed by atoms with Crippen LogP contribution in [0.15, 0.2) is 29.8 Å². The summed E-state index contributed by atoms with van der Waals surface area (Å²) in [5, 5.41) is 0. The molecule has 0 spiro atoms. The number of ketones is 1. The van der Waals surface area contributed by atoms with Gasteiger partial charge in [-0.25, -0.2) is 0 Å². The average molecular weight is 198 g/mol. The Bertz CT molecular complexity index is 454. The van der Waals surface area contributed by atoms with Crippen molar-refractivity contribution in [2.24, 2.45) is 0 Å². The van der Waals surface area contributed by atoms with E-state index in [4.69, 9.17) is 0 Å². The lowest BCUT2D eigenvalue weighted by atomic mass is 9.78. The molecule has 0 atom stereocenters. The molecule has 1 aromatic carbocycles. The molecule has 0 unspecified atom stereocenters. The maximum atomic E-state index is 11.8. The summed E-state index contributed by atoms with van der Waals surface area (Å²) < 4.78 is 0. The zero-order valence-corrected chi connectivity index (χ0v) is 8.75. The largest absolute Gasteiger partial charge is 0.295 e. The first kappa shape index (κ1) is 8.90. The van der Waals surface area contributed by atoms with Crippen molar-refractivity contribution in [1.29, 1.82) is 0 Å². The highest BCUT2D eigenvalue weighted by molar-refractivity contribution is 6.05. The van der Waals surface area contributed by atoms with Gasteiger partial charge in [0.2, 0.25) is 0 Å². The highest BCUT2D eigenvalue weighted by Gasteiger charge is 2.25. The van der Waals surface area contributed by atoms with Gasteiger partial charge in [-0.15, -0.1) is 0 Å². The Balaban J connectivity index is 2.18. The van der Waals surface area contributed by atoms with Crippen LogP contribution in [0.2, 0.25) is 0 Å². The van der Waals surface area contributed by atoms with E-state index >= 15 is 0 Å². The van der Waals surface area contributed by atoms with E-state index in [1.807, 2.05) is 0 Å². The lowest BCUT2D eigenvalue weighted by molar-refractivity contribution is -0.116. The zero-order chi connectivity index (χ0) is 10.3. The number of hydrogen-bond acceptors (Lipinski definition) is 1. The molecular weight excluding hydrogens is 184 g/mol. The van der Waals surface area contributed by atoms with Crippen molar-refractivity contribution in [1.82, 2.24) is 0 Å². The monoisotopic (exact) mass is 198 g/mol. The van der Waals surface area contributed by atoms with E-state index in [1.165, 1.54) is 16.7 Å². The van der Waals surface area contributed by atoms with Crippen molar-refractivity contribution in [3.05, 3.63) is 41.0 Å². The molecule has 0 radical (unpaired) electrons. The van der Waals surface area contributed by atoms with Crippen LogP contribution in [0.5, 0.6) is 0 Å². The molecule has 0 N–H and O–H groups in total. The molecule has 0 aliphatic heterocycles. The third-order valence-electron chi connectivity index (χ3n) is 3.52. The Morgan fingerprint density at radius 2 is 1.73 bits per heavy atom. The second-order valence-corrected chi connectivity index (χ2v) is 4.39. The van der Waals surface area contributed by atoms with Gasteiger partial charge in [0, 0.05) is 6.42 Å². The number of Topliss-reactive ketones (excluding diaryl/α,β-unsaturated/α-hetero) is 1. The van der Waals surface area contributed by atoms with Gasteiger partial charge in [-0.3, -0.25) is 4.79 Å². The fraction of sp³-hybridized carbons (Fsp3) is 0.357. The number of carbonyl (C=O) groups excluding carboxylic acids is 1. The van der Waals surface area contributed by atoms with Crippen molar-refractivity contribution in [2.45, 2.75) is 32.1 Å². The molecule has 2 aliphatic carbocycles. The predicted octanol–water partition coefficient (Wildman–Crippen LogP) is 3.14. The van der Waals surface area contributed by atoms with Crippen LogP contribution in [-0.4, -0.2) is 5.78 Å². The number of carbonyl (C=O) groups is 1. The van der Waals surface area contributed by atoms with E-state index in [9.17, 15) is 4.79 Å². The van der Waals surface area contributed by atoms with Crippen LogP contribution < -0.4 is 0 Å². The highest BCUT2D eigenvalue weighted by Crippen LogP contribution is 2.38. The molecule has 3 rings (SSSR count). The zero-order valence-electron chi connectivity index (χ0n) is 8.75. The Hall–Kier alpha value is -1.37. The van der Waals surface area contributed by atoms with Crippen LogP contribution >= 0.6 is 0 Å².